The summed E-state index contributed by atoms with van der Waals surface area (Å²) in [4.78, 5) is 0. The lowest BCUT2D eigenvalue weighted by Crippen LogP contribution is -2.01. The molecule has 1 aromatic heterocycles. The first-order valence-electron chi connectivity index (χ1n) is 6.00. The standard InChI is InChI=1S/C14H19N3.ClH/c1-11(2)17-10-14(12(3)16-17)15-9-13-7-5-4-6-8-13;/h4-8,10-11,15H,9H2,1-3H3;1H. The molecule has 0 spiro atoms. The zero-order valence-electron chi connectivity index (χ0n) is 11.1. The Balaban J connectivity index is 0.00000162. The minimum absolute atomic E-state index is 0. The van der Waals surface area contributed by atoms with Crippen molar-refractivity contribution >= 4 is 18.1 Å². The minimum Gasteiger partial charge on any atom is -0.378 e. The van der Waals surface area contributed by atoms with Crippen LogP contribution in [0.25, 0.3) is 0 Å². The number of hydrogen-bond acceptors (Lipinski definition) is 2. The molecule has 0 saturated carbocycles. The maximum Gasteiger partial charge on any atom is 0.0825 e. The molecular formula is C14H20ClN3. The van der Waals surface area contributed by atoms with Crippen LogP contribution in [0.15, 0.2) is 36.5 Å². The summed E-state index contributed by atoms with van der Waals surface area (Å²) in [5, 5.41) is 7.90. The van der Waals surface area contributed by atoms with Crippen LogP contribution in [0, 0.1) is 6.92 Å². The summed E-state index contributed by atoms with van der Waals surface area (Å²) in [6.45, 7) is 7.14. The van der Waals surface area contributed by atoms with Gasteiger partial charge in [-0.1, -0.05) is 30.3 Å². The summed E-state index contributed by atoms with van der Waals surface area (Å²) in [6, 6.07) is 10.8. The molecule has 1 aromatic carbocycles. The van der Waals surface area contributed by atoms with Gasteiger partial charge >= 0.3 is 0 Å². The van der Waals surface area contributed by atoms with Gasteiger partial charge in [-0.3, -0.25) is 4.68 Å². The Kier molecular flexibility index (Phi) is 5.23. The van der Waals surface area contributed by atoms with Crippen molar-refractivity contribution in [3.63, 3.8) is 0 Å². The Morgan fingerprint density at radius 2 is 1.89 bits per heavy atom. The van der Waals surface area contributed by atoms with Crippen LogP contribution in [-0.2, 0) is 6.54 Å². The van der Waals surface area contributed by atoms with Crippen molar-refractivity contribution in [2.75, 3.05) is 5.32 Å². The Morgan fingerprint density at radius 3 is 2.44 bits per heavy atom. The monoisotopic (exact) mass is 265 g/mol. The highest BCUT2D eigenvalue weighted by Gasteiger charge is 2.06. The SMILES string of the molecule is Cc1nn(C(C)C)cc1NCc1ccccc1.Cl. The van der Waals surface area contributed by atoms with E-state index in [1.807, 2.05) is 17.7 Å². The number of aryl methyl sites for hydroxylation is 1. The number of halogens is 1. The van der Waals surface area contributed by atoms with E-state index in [0.717, 1.165) is 17.9 Å². The van der Waals surface area contributed by atoms with Gasteiger partial charge in [-0.2, -0.15) is 5.10 Å². The second kappa shape index (κ2) is 6.45. The largest absolute Gasteiger partial charge is 0.378 e. The van der Waals surface area contributed by atoms with Gasteiger partial charge in [0.15, 0.2) is 0 Å². The number of nitrogens with zero attached hydrogens (tertiary/aromatic N) is 2. The van der Waals surface area contributed by atoms with Crippen molar-refractivity contribution in [2.24, 2.45) is 0 Å². The van der Waals surface area contributed by atoms with Gasteiger partial charge in [-0.15, -0.1) is 12.4 Å². The average molecular weight is 266 g/mol. The Labute approximate surface area is 115 Å². The fourth-order valence-electron chi connectivity index (χ4n) is 1.71. The van der Waals surface area contributed by atoms with Gasteiger partial charge in [0.2, 0.25) is 0 Å². The Hall–Kier alpha value is -1.48. The third-order valence-electron chi connectivity index (χ3n) is 2.77. The van der Waals surface area contributed by atoms with Crippen molar-refractivity contribution in [1.29, 1.82) is 0 Å². The number of hydrogen-bond donors (Lipinski definition) is 1. The van der Waals surface area contributed by atoms with Crippen LogP contribution in [0.2, 0.25) is 0 Å². The number of benzene rings is 1. The maximum atomic E-state index is 4.48. The van der Waals surface area contributed by atoms with E-state index in [4.69, 9.17) is 0 Å². The van der Waals surface area contributed by atoms with Crippen LogP contribution in [-0.4, -0.2) is 9.78 Å². The Bertz CT molecular complexity index is 477. The van der Waals surface area contributed by atoms with Crippen LogP contribution in [0.3, 0.4) is 0 Å². The smallest absolute Gasteiger partial charge is 0.0825 e. The number of aromatic nitrogens is 2. The molecule has 1 N–H and O–H groups in total. The van der Waals surface area contributed by atoms with Crippen molar-refractivity contribution < 1.29 is 0 Å². The highest BCUT2D eigenvalue weighted by molar-refractivity contribution is 5.85. The highest BCUT2D eigenvalue weighted by Crippen LogP contribution is 2.16. The predicted molar refractivity (Wildman–Crippen MR) is 78.4 cm³/mol. The molecule has 0 unspecified atom stereocenters. The van der Waals surface area contributed by atoms with Crippen LogP contribution in [0.5, 0.6) is 0 Å². The molecule has 0 amide bonds. The summed E-state index contributed by atoms with van der Waals surface area (Å²) in [6.07, 6.45) is 2.07. The lowest BCUT2D eigenvalue weighted by Gasteiger charge is -2.05. The molecular weight excluding hydrogens is 246 g/mol. The van der Waals surface area contributed by atoms with E-state index in [1.54, 1.807) is 0 Å². The van der Waals surface area contributed by atoms with E-state index in [2.05, 4.69) is 54.7 Å². The lowest BCUT2D eigenvalue weighted by molar-refractivity contribution is 0.529. The zero-order chi connectivity index (χ0) is 12.3. The fourth-order valence-corrected chi connectivity index (χ4v) is 1.71. The third kappa shape index (κ3) is 3.50. The number of rotatable bonds is 4. The molecule has 0 fully saturated rings. The lowest BCUT2D eigenvalue weighted by atomic mass is 10.2. The van der Waals surface area contributed by atoms with E-state index in [-0.39, 0.29) is 12.4 Å². The first-order chi connectivity index (χ1) is 8.16. The summed E-state index contributed by atoms with van der Waals surface area (Å²) in [5.41, 5.74) is 3.45. The summed E-state index contributed by atoms with van der Waals surface area (Å²) in [5.74, 6) is 0. The molecule has 2 rings (SSSR count). The summed E-state index contributed by atoms with van der Waals surface area (Å²) < 4.78 is 1.99. The van der Waals surface area contributed by atoms with Gasteiger partial charge in [0.25, 0.3) is 0 Å². The summed E-state index contributed by atoms with van der Waals surface area (Å²) in [7, 11) is 0. The van der Waals surface area contributed by atoms with Gasteiger partial charge in [-0.25, -0.2) is 0 Å². The van der Waals surface area contributed by atoms with Crippen molar-refractivity contribution in [3.05, 3.63) is 47.8 Å². The predicted octanol–water partition coefficient (Wildman–Crippen LogP) is 3.81. The van der Waals surface area contributed by atoms with E-state index >= 15 is 0 Å². The van der Waals surface area contributed by atoms with Crippen LogP contribution in [0.1, 0.15) is 31.1 Å². The molecule has 4 heteroatoms. The van der Waals surface area contributed by atoms with E-state index < -0.39 is 0 Å². The molecule has 0 saturated heterocycles. The quantitative estimate of drug-likeness (QED) is 0.911. The van der Waals surface area contributed by atoms with Gasteiger partial charge in [-0.05, 0) is 26.3 Å². The molecule has 2 aromatic rings. The van der Waals surface area contributed by atoms with E-state index in [0.29, 0.717) is 6.04 Å². The number of anilines is 1. The molecule has 0 aliphatic heterocycles. The normalized spacial score (nSPS) is 10.2. The molecule has 0 aliphatic carbocycles. The van der Waals surface area contributed by atoms with Crippen molar-refractivity contribution in [3.8, 4) is 0 Å². The molecule has 18 heavy (non-hydrogen) atoms. The van der Waals surface area contributed by atoms with E-state index in [9.17, 15) is 0 Å². The van der Waals surface area contributed by atoms with Crippen molar-refractivity contribution in [1.82, 2.24) is 9.78 Å². The maximum absolute atomic E-state index is 4.48. The number of nitrogens with one attached hydrogen (secondary N) is 1. The molecule has 0 bridgehead atoms. The van der Waals surface area contributed by atoms with Gasteiger partial charge in [0.05, 0.1) is 11.4 Å². The molecule has 0 atom stereocenters. The molecule has 0 radical (unpaired) electrons. The molecule has 1 heterocycles. The summed E-state index contributed by atoms with van der Waals surface area (Å²) >= 11 is 0. The first kappa shape index (κ1) is 14.6. The fraction of sp³-hybridized carbons (Fsp3) is 0.357. The minimum atomic E-state index is 0. The average Bonchev–Trinajstić information content (AvgIpc) is 2.70. The first-order valence-corrected chi connectivity index (χ1v) is 6.00. The van der Waals surface area contributed by atoms with Gasteiger partial charge in [0.1, 0.15) is 0 Å². The Morgan fingerprint density at radius 1 is 1.22 bits per heavy atom. The topological polar surface area (TPSA) is 29.9 Å². The molecule has 0 aliphatic rings. The second-order valence-corrected chi connectivity index (χ2v) is 4.54. The van der Waals surface area contributed by atoms with Crippen molar-refractivity contribution in [2.45, 2.75) is 33.4 Å². The van der Waals surface area contributed by atoms with Crippen LogP contribution >= 0.6 is 12.4 Å². The van der Waals surface area contributed by atoms with Crippen LogP contribution in [0.4, 0.5) is 5.69 Å². The molecule has 98 valence electrons. The van der Waals surface area contributed by atoms with Gasteiger partial charge < -0.3 is 5.32 Å². The van der Waals surface area contributed by atoms with Crippen LogP contribution < -0.4 is 5.32 Å². The second-order valence-electron chi connectivity index (χ2n) is 4.54. The van der Waals surface area contributed by atoms with E-state index in [1.165, 1.54) is 5.56 Å². The third-order valence-corrected chi connectivity index (χ3v) is 2.77. The van der Waals surface area contributed by atoms with Gasteiger partial charge in [0, 0.05) is 18.8 Å². The highest BCUT2D eigenvalue weighted by atomic mass is 35.5. The molecule has 3 nitrogen and oxygen atoms in total. The zero-order valence-corrected chi connectivity index (χ0v) is 11.9.